The fraction of sp³-hybridized carbons (Fsp3) is 0.533. The Hall–Kier alpha value is -1.50. The van der Waals surface area contributed by atoms with Gasteiger partial charge in [0.05, 0.1) is 11.7 Å². The monoisotopic (exact) mass is 331 g/mol. The highest BCUT2D eigenvalue weighted by Crippen LogP contribution is 2.29. The number of sulfone groups is 1. The quantitative estimate of drug-likeness (QED) is 0.847. The highest BCUT2D eigenvalue weighted by molar-refractivity contribution is 7.91. The first-order valence-corrected chi connectivity index (χ1v) is 9.04. The van der Waals surface area contributed by atoms with Crippen LogP contribution in [0.2, 0.25) is 0 Å². The summed E-state index contributed by atoms with van der Waals surface area (Å²) >= 11 is 0. The van der Waals surface area contributed by atoms with E-state index in [1.807, 2.05) is 0 Å². The van der Waals surface area contributed by atoms with E-state index in [0.29, 0.717) is 12.8 Å². The summed E-state index contributed by atoms with van der Waals surface area (Å²) in [5, 5.41) is -0.584. The molecule has 0 N–H and O–H groups in total. The van der Waals surface area contributed by atoms with Crippen LogP contribution < -0.4 is 0 Å². The molecule has 0 radical (unpaired) electrons. The van der Waals surface area contributed by atoms with Gasteiger partial charge >= 0.3 is 0 Å². The molecule has 1 amide bonds. The zero-order valence-corrected chi connectivity index (χ0v) is 13.4. The van der Waals surface area contributed by atoms with Crippen LogP contribution in [0.5, 0.6) is 0 Å². The van der Waals surface area contributed by atoms with Gasteiger partial charge in [0, 0.05) is 24.9 Å². The lowest BCUT2D eigenvalue weighted by molar-refractivity contribution is -0.131. The molecule has 0 aliphatic heterocycles. The molecule has 2 atom stereocenters. The fourth-order valence-electron chi connectivity index (χ4n) is 3.00. The van der Waals surface area contributed by atoms with Crippen LogP contribution in [0.1, 0.15) is 24.8 Å². The Morgan fingerprint density at radius 1 is 1.32 bits per heavy atom. The fourth-order valence-corrected chi connectivity index (χ4v) is 4.48. The van der Waals surface area contributed by atoms with E-state index in [1.165, 1.54) is 18.2 Å². The van der Waals surface area contributed by atoms with Gasteiger partial charge in [0.1, 0.15) is 11.6 Å². The zero-order valence-electron chi connectivity index (χ0n) is 12.6. The molecule has 1 saturated carbocycles. The van der Waals surface area contributed by atoms with Crippen molar-refractivity contribution in [3.8, 4) is 0 Å². The molecule has 1 aliphatic carbocycles. The third-order valence-electron chi connectivity index (χ3n) is 4.21. The van der Waals surface area contributed by atoms with Crippen LogP contribution in [-0.4, -0.2) is 43.8 Å². The van der Waals surface area contributed by atoms with Crippen LogP contribution >= 0.6 is 0 Å². The van der Waals surface area contributed by atoms with E-state index in [1.54, 1.807) is 0 Å². The predicted molar refractivity (Wildman–Crippen MR) is 79.1 cm³/mol. The van der Waals surface area contributed by atoms with Gasteiger partial charge in [-0.3, -0.25) is 4.79 Å². The second-order valence-corrected chi connectivity index (χ2v) is 8.05. The summed E-state index contributed by atoms with van der Waals surface area (Å²) in [4.78, 5) is 13.6. The normalized spacial score (nSPS) is 21.8. The molecule has 0 spiro atoms. The maximum Gasteiger partial charge on any atom is 0.227 e. The number of hydrogen-bond donors (Lipinski definition) is 0. The van der Waals surface area contributed by atoms with Gasteiger partial charge in [0.15, 0.2) is 9.84 Å². The van der Waals surface area contributed by atoms with Gasteiger partial charge in [-0.05, 0) is 37.5 Å². The lowest BCUT2D eigenvalue weighted by Gasteiger charge is -2.29. The van der Waals surface area contributed by atoms with Gasteiger partial charge in [-0.25, -0.2) is 17.2 Å². The maximum atomic E-state index is 13.6. The number of halogens is 2. The van der Waals surface area contributed by atoms with E-state index >= 15 is 0 Å². The average Bonchev–Trinajstić information content (AvgIpc) is 2.91. The zero-order chi connectivity index (χ0) is 16.5. The summed E-state index contributed by atoms with van der Waals surface area (Å²) in [6.07, 6.45) is 2.74. The van der Waals surface area contributed by atoms with Crippen molar-refractivity contribution in [2.24, 2.45) is 0 Å². The van der Waals surface area contributed by atoms with Crippen molar-refractivity contribution in [3.63, 3.8) is 0 Å². The number of carbonyl (C=O) groups is 1. The van der Waals surface area contributed by atoms with E-state index in [9.17, 15) is 22.0 Å². The van der Waals surface area contributed by atoms with Crippen LogP contribution in [0, 0.1) is 11.6 Å². The van der Waals surface area contributed by atoms with Crippen LogP contribution in [-0.2, 0) is 21.1 Å². The number of rotatable bonds is 4. The summed E-state index contributed by atoms with van der Waals surface area (Å²) in [5.41, 5.74) is -0.0225. The van der Waals surface area contributed by atoms with Gasteiger partial charge in [-0.2, -0.15) is 0 Å². The molecule has 4 nitrogen and oxygen atoms in total. The summed E-state index contributed by atoms with van der Waals surface area (Å²) < 4.78 is 50.3. The minimum atomic E-state index is -3.25. The van der Waals surface area contributed by atoms with Crippen molar-refractivity contribution in [3.05, 3.63) is 35.4 Å². The van der Waals surface area contributed by atoms with Crippen molar-refractivity contribution in [2.45, 2.75) is 37.0 Å². The molecule has 1 aromatic rings. The highest BCUT2D eigenvalue weighted by Gasteiger charge is 2.38. The topological polar surface area (TPSA) is 54.5 Å². The van der Waals surface area contributed by atoms with Gasteiger partial charge < -0.3 is 4.90 Å². The van der Waals surface area contributed by atoms with Gasteiger partial charge in [0.25, 0.3) is 0 Å². The standard InChI is InChI=1S/C15H19F2NO3S/c1-18(13-4-3-5-14(13)22(2,20)21)15(19)9-10-8-11(16)6-7-12(10)17/h6-8,13-14H,3-5,9H2,1-2H3/t13-,14-/m1/s1. The Morgan fingerprint density at radius 2 is 2.00 bits per heavy atom. The molecule has 0 unspecified atom stereocenters. The molecule has 2 rings (SSSR count). The van der Waals surface area contributed by atoms with E-state index < -0.39 is 38.7 Å². The van der Waals surface area contributed by atoms with Gasteiger partial charge in [-0.15, -0.1) is 0 Å². The Kier molecular flexibility index (Phi) is 4.84. The molecule has 22 heavy (non-hydrogen) atoms. The summed E-state index contributed by atoms with van der Waals surface area (Å²) in [5.74, 6) is -1.67. The Labute approximate surface area is 129 Å². The molecular formula is C15H19F2NO3S. The summed E-state index contributed by atoms with van der Waals surface area (Å²) in [7, 11) is -1.72. The number of hydrogen-bond acceptors (Lipinski definition) is 3. The minimum Gasteiger partial charge on any atom is -0.341 e. The molecule has 7 heteroatoms. The second kappa shape index (κ2) is 6.32. The molecule has 0 saturated heterocycles. The third-order valence-corrected chi connectivity index (χ3v) is 5.86. The Bertz CT molecular complexity index is 675. The lowest BCUT2D eigenvalue weighted by atomic mass is 10.1. The van der Waals surface area contributed by atoms with E-state index in [0.717, 1.165) is 24.6 Å². The van der Waals surface area contributed by atoms with Crippen molar-refractivity contribution >= 4 is 15.7 Å². The smallest absolute Gasteiger partial charge is 0.227 e. The van der Waals surface area contributed by atoms with Crippen molar-refractivity contribution < 1.29 is 22.0 Å². The molecule has 1 aliphatic rings. The summed E-state index contributed by atoms with van der Waals surface area (Å²) in [6.45, 7) is 0. The van der Waals surface area contributed by atoms with Gasteiger partial charge in [-0.1, -0.05) is 0 Å². The first-order valence-electron chi connectivity index (χ1n) is 7.08. The van der Waals surface area contributed by atoms with Crippen LogP contribution in [0.4, 0.5) is 8.78 Å². The van der Waals surface area contributed by atoms with Gasteiger partial charge in [0.2, 0.25) is 5.91 Å². The number of carbonyl (C=O) groups excluding carboxylic acids is 1. The molecule has 0 bridgehead atoms. The number of likely N-dealkylation sites (N-methyl/N-ethyl adjacent to an activating group) is 1. The highest BCUT2D eigenvalue weighted by atomic mass is 32.2. The van der Waals surface area contributed by atoms with Crippen molar-refractivity contribution in [1.82, 2.24) is 4.90 Å². The van der Waals surface area contributed by atoms with Crippen LogP contribution in [0.15, 0.2) is 18.2 Å². The number of benzene rings is 1. The van der Waals surface area contributed by atoms with Crippen LogP contribution in [0.3, 0.4) is 0 Å². The van der Waals surface area contributed by atoms with E-state index in [-0.39, 0.29) is 12.0 Å². The maximum absolute atomic E-state index is 13.6. The molecule has 0 aromatic heterocycles. The third kappa shape index (κ3) is 3.63. The molecular weight excluding hydrogens is 312 g/mol. The minimum absolute atomic E-state index is 0.0225. The number of amides is 1. The molecule has 1 fully saturated rings. The SMILES string of the molecule is CN(C(=O)Cc1cc(F)ccc1F)[C@@H]1CCC[C@H]1S(C)(=O)=O. The van der Waals surface area contributed by atoms with Crippen LogP contribution in [0.25, 0.3) is 0 Å². The lowest BCUT2D eigenvalue weighted by Crippen LogP contribution is -2.45. The largest absolute Gasteiger partial charge is 0.341 e. The molecule has 122 valence electrons. The first-order chi connectivity index (χ1) is 10.2. The summed E-state index contributed by atoms with van der Waals surface area (Å²) in [6, 6.07) is 2.56. The Morgan fingerprint density at radius 3 is 2.64 bits per heavy atom. The predicted octanol–water partition coefficient (Wildman–Crippen LogP) is 1.93. The average molecular weight is 331 g/mol. The van der Waals surface area contributed by atoms with E-state index in [4.69, 9.17) is 0 Å². The Balaban J connectivity index is 2.14. The second-order valence-electron chi connectivity index (χ2n) is 5.78. The van der Waals surface area contributed by atoms with Crippen molar-refractivity contribution in [1.29, 1.82) is 0 Å². The van der Waals surface area contributed by atoms with Crippen molar-refractivity contribution in [2.75, 3.05) is 13.3 Å². The van der Waals surface area contributed by atoms with E-state index in [2.05, 4.69) is 0 Å². The molecule has 1 aromatic carbocycles. The first kappa shape index (κ1) is 16.9. The molecule has 0 heterocycles. The number of nitrogens with zero attached hydrogens (tertiary/aromatic N) is 1.